The predicted octanol–water partition coefficient (Wildman–Crippen LogP) is -0.331. The first-order valence-electron chi connectivity index (χ1n) is 6.92. The zero-order valence-electron chi connectivity index (χ0n) is 11.4. The van der Waals surface area contributed by atoms with Crippen LogP contribution in [-0.4, -0.2) is 57.2 Å². The lowest BCUT2D eigenvalue weighted by Gasteiger charge is -2.32. The monoisotopic (exact) mass is 289 g/mol. The van der Waals surface area contributed by atoms with Crippen LogP contribution in [-0.2, 0) is 14.8 Å². The van der Waals surface area contributed by atoms with Crippen LogP contribution in [0.2, 0.25) is 0 Å². The van der Waals surface area contributed by atoms with Crippen molar-refractivity contribution in [3.8, 4) is 0 Å². The topological polar surface area (TPSA) is 78.5 Å². The summed E-state index contributed by atoms with van der Waals surface area (Å²) in [5, 5.41) is 3.33. The molecule has 0 spiro atoms. The fourth-order valence-electron chi connectivity index (χ4n) is 2.38. The van der Waals surface area contributed by atoms with Crippen LogP contribution < -0.4 is 10.0 Å². The fourth-order valence-corrected chi connectivity index (χ4v) is 3.22. The third kappa shape index (κ3) is 5.46. The summed E-state index contributed by atoms with van der Waals surface area (Å²) >= 11 is 0. The van der Waals surface area contributed by atoms with E-state index in [0.717, 1.165) is 6.54 Å². The highest BCUT2D eigenvalue weighted by molar-refractivity contribution is 7.88. The third-order valence-corrected chi connectivity index (χ3v) is 4.34. The second kappa shape index (κ2) is 6.19. The first-order chi connectivity index (χ1) is 8.94. The smallest absolute Gasteiger partial charge is 0.223 e. The Hall–Kier alpha value is -0.660. The Morgan fingerprint density at radius 2 is 1.79 bits per heavy atom. The molecule has 2 rings (SSSR count). The highest BCUT2D eigenvalue weighted by Gasteiger charge is 2.25. The van der Waals surface area contributed by atoms with Gasteiger partial charge in [0.15, 0.2) is 0 Å². The van der Waals surface area contributed by atoms with Crippen LogP contribution in [0.5, 0.6) is 0 Å². The van der Waals surface area contributed by atoms with E-state index in [2.05, 4.69) is 10.0 Å². The Labute approximate surface area is 115 Å². The number of rotatable bonds is 6. The molecule has 7 heteroatoms. The van der Waals surface area contributed by atoms with Crippen molar-refractivity contribution >= 4 is 15.9 Å². The van der Waals surface area contributed by atoms with E-state index < -0.39 is 10.0 Å². The molecule has 19 heavy (non-hydrogen) atoms. The summed E-state index contributed by atoms with van der Waals surface area (Å²) in [5.74, 6) is 0.172. The minimum Gasteiger partial charge on any atom is -0.343 e. The van der Waals surface area contributed by atoms with Crippen LogP contribution in [0, 0.1) is 0 Å². The summed E-state index contributed by atoms with van der Waals surface area (Å²) < 4.78 is 24.9. The van der Waals surface area contributed by atoms with Gasteiger partial charge in [-0.1, -0.05) is 0 Å². The predicted molar refractivity (Wildman–Crippen MR) is 73.2 cm³/mol. The van der Waals surface area contributed by atoms with Crippen molar-refractivity contribution < 1.29 is 13.2 Å². The quantitative estimate of drug-likeness (QED) is 0.702. The molecule has 0 bridgehead atoms. The van der Waals surface area contributed by atoms with Crippen molar-refractivity contribution in [2.75, 3.05) is 25.9 Å². The van der Waals surface area contributed by atoms with Crippen LogP contribution in [0.15, 0.2) is 0 Å². The third-order valence-electron chi connectivity index (χ3n) is 3.58. The van der Waals surface area contributed by atoms with E-state index in [-0.39, 0.29) is 11.9 Å². The van der Waals surface area contributed by atoms with E-state index in [9.17, 15) is 13.2 Å². The highest BCUT2D eigenvalue weighted by atomic mass is 32.2. The van der Waals surface area contributed by atoms with Gasteiger partial charge in [0.05, 0.1) is 6.26 Å². The standard InChI is InChI=1S/C12H23N3O3S/c1-19(17,18)14-11-5-8-15(9-6-11)12(16)4-7-13-10-2-3-10/h10-11,13-14H,2-9H2,1H3. The van der Waals surface area contributed by atoms with E-state index in [0.29, 0.717) is 38.4 Å². The molecular weight excluding hydrogens is 266 g/mol. The van der Waals surface area contributed by atoms with Gasteiger partial charge in [-0.15, -0.1) is 0 Å². The largest absolute Gasteiger partial charge is 0.343 e. The van der Waals surface area contributed by atoms with Gasteiger partial charge in [0.25, 0.3) is 0 Å². The van der Waals surface area contributed by atoms with E-state index in [1.807, 2.05) is 4.90 Å². The fraction of sp³-hybridized carbons (Fsp3) is 0.917. The lowest BCUT2D eigenvalue weighted by atomic mass is 10.1. The zero-order valence-corrected chi connectivity index (χ0v) is 12.2. The van der Waals surface area contributed by atoms with Gasteiger partial charge >= 0.3 is 0 Å². The molecule has 0 aromatic heterocycles. The number of carbonyl (C=O) groups is 1. The molecule has 0 atom stereocenters. The Balaban J connectivity index is 1.65. The van der Waals surface area contributed by atoms with Crippen LogP contribution in [0.3, 0.4) is 0 Å². The summed E-state index contributed by atoms with van der Waals surface area (Å²) in [7, 11) is -3.14. The molecule has 110 valence electrons. The molecule has 1 aliphatic carbocycles. The lowest BCUT2D eigenvalue weighted by molar-refractivity contribution is -0.132. The van der Waals surface area contributed by atoms with Crippen LogP contribution in [0.1, 0.15) is 32.1 Å². The summed E-state index contributed by atoms with van der Waals surface area (Å²) in [6, 6.07) is 0.612. The van der Waals surface area contributed by atoms with Crippen LogP contribution in [0.4, 0.5) is 0 Å². The minimum atomic E-state index is -3.14. The Kier molecular flexibility index (Phi) is 4.81. The molecule has 6 nitrogen and oxygen atoms in total. The van der Waals surface area contributed by atoms with Crippen molar-refractivity contribution in [3.05, 3.63) is 0 Å². The molecule has 0 aromatic carbocycles. The summed E-state index contributed by atoms with van der Waals surface area (Å²) in [6.07, 6.45) is 5.59. The molecular formula is C12H23N3O3S. The summed E-state index contributed by atoms with van der Waals surface area (Å²) in [6.45, 7) is 2.05. The van der Waals surface area contributed by atoms with Gasteiger partial charge in [0, 0.05) is 38.1 Å². The first-order valence-corrected chi connectivity index (χ1v) is 8.81. The molecule has 2 aliphatic rings. The van der Waals surface area contributed by atoms with E-state index >= 15 is 0 Å². The first kappa shape index (κ1) is 14.7. The number of nitrogens with one attached hydrogen (secondary N) is 2. The molecule has 1 aliphatic heterocycles. The maximum atomic E-state index is 11.9. The lowest BCUT2D eigenvalue weighted by Crippen LogP contribution is -2.46. The molecule has 1 saturated carbocycles. The number of nitrogens with zero attached hydrogens (tertiary/aromatic N) is 1. The van der Waals surface area contributed by atoms with E-state index in [1.165, 1.54) is 19.1 Å². The Morgan fingerprint density at radius 1 is 1.16 bits per heavy atom. The molecule has 1 amide bonds. The number of hydrogen-bond acceptors (Lipinski definition) is 4. The number of sulfonamides is 1. The normalized spacial score (nSPS) is 21.6. The number of amides is 1. The van der Waals surface area contributed by atoms with E-state index in [4.69, 9.17) is 0 Å². The average Bonchev–Trinajstić information content (AvgIpc) is 3.12. The van der Waals surface area contributed by atoms with Crippen molar-refractivity contribution in [3.63, 3.8) is 0 Å². The Morgan fingerprint density at radius 3 is 2.32 bits per heavy atom. The van der Waals surface area contributed by atoms with Gasteiger partial charge in [0.2, 0.25) is 15.9 Å². The summed E-state index contributed by atoms with van der Waals surface area (Å²) in [5.41, 5.74) is 0. The van der Waals surface area contributed by atoms with Crippen molar-refractivity contribution in [2.45, 2.75) is 44.2 Å². The van der Waals surface area contributed by atoms with Gasteiger partial charge in [-0.25, -0.2) is 13.1 Å². The number of hydrogen-bond donors (Lipinski definition) is 2. The maximum absolute atomic E-state index is 11.9. The molecule has 0 unspecified atom stereocenters. The number of piperidine rings is 1. The second-order valence-electron chi connectivity index (χ2n) is 5.52. The maximum Gasteiger partial charge on any atom is 0.223 e. The van der Waals surface area contributed by atoms with Gasteiger partial charge < -0.3 is 10.2 Å². The van der Waals surface area contributed by atoms with Crippen molar-refractivity contribution in [1.29, 1.82) is 0 Å². The van der Waals surface area contributed by atoms with Crippen LogP contribution in [0.25, 0.3) is 0 Å². The summed E-state index contributed by atoms with van der Waals surface area (Å²) in [4.78, 5) is 13.8. The van der Waals surface area contributed by atoms with Crippen LogP contribution >= 0.6 is 0 Å². The van der Waals surface area contributed by atoms with Gasteiger partial charge in [-0.3, -0.25) is 4.79 Å². The second-order valence-corrected chi connectivity index (χ2v) is 7.30. The Bertz CT molecular complexity index is 412. The highest BCUT2D eigenvalue weighted by Crippen LogP contribution is 2.18. The van der Waals surface area contributed by atoms with Gasteiger partial charge in [-0.05, 0) is 25.7 Å². The average molecular weight is 289 g/mol. The number of carbonyl (C=O) groups excluding carboxylic acids is 1. The SMILES string of the molecule is CS(=O)(=O)NC1CCN(C(=O)CCNC2CC2)CC1. The molecule has 0 aromatic rings. The molecule has 0 radical (unpaired) electrons. The van der Waals surface area contributed by atoms with Crippen molar-refractivity contribution in [2.24, 2.45) is 0 Å². The molecule has 2 fully saturated rings. The number of likely N-dealkylation sites (tertiary alicyclic amines) is 1. The molecule has 1 saturated heterocycles. The van der Waals surface area contributed by atoms with Gasteiger partial charge in [-0.2, -0.15) is 0 Å². The van der Waals surface area contributed by atoms with Gasteiger partial charge in [0.1, 0.15) is 0 Å². The van der Waals surface area contributed by atoms with Crippen molar-refractivity contribution in [1.82, 2.24) is 14.9 Å². The zero-order chi connectivity index (χ0) is 13.9. The molecule has 2 N–H and O–H groups in total. The molecule has 1 heterocycles. The minimum absolute atomic E-state index is 0.0244. The van der Waals surface area contributed by atoms with E-state index in [1.54, 1.807) is 0 Å².